The fraction of sp³-hybridized carbons (Fsp3) is 0. The molecule has 0 radical (unpaired) electrons. The molecule has 3 aromatic rings. The number of nitrogens with two attached hydrogens (primary N) is 2. The zero-order valence-electron chi connectivity index (χ0n) is 9.22. The van der Waals surface area contributed by atoms with Crippen LogP contribution in [0.15, 0.2) is 34.7 Å². The number of rotatable bonds is 1. The molecule has 0 saturated carbocycles. The molecule has 0 aliphatic rings. The number of fused-ring (bicyclic) bond motifs is 1. The minimum absolute atomic E-state index is 0.0663. The van der Waals surface area contributed by atoms with Gasteiger partial charge in [-0.25, -0.2) is 9.37 Å². The van der Waals surface area contributed by atoms with Crippen LogP contribution in [0.2, 0.25) is 0 Å². The molecule has 3 rings (SSSR count). The van der Waals surface area contributed by atoms with Gasteiger partial charge in [-0.3, -0.25) is 0 Å². The normalized spacial score (nSPS) is 10.9. The summed E-state index contributed by atoms with van der Waals surface area (Å²) in [6, 6.07) is 7.50. The van der Waals surface area contributed by atoms with E-state index in [2.05, 4.69) is 9.97 Å². The first-order valence-electron chi connectivity index (χ1n) is 5.21. The molecule has 2 heterocycles. The molecular formula is C12H9FN4O. The number of anilines is 2. The van der Waals surface area contributed by atoms with Gasteiger partial charge in [0.1, 0.15) is 22.9 Å². The third-order valence-electron chi connectivity index (χ3n) is 2.49. The molecule has 0 unspecified atom stereocenters. The fourth-order valence-electron chi connectivity index (χ4n) is 1.75. The van der Waals surface area contributed by atoms with E-state index in [4.69, 9.17) is 15.9 Å². The van der Waals surface area contributed by atoms with Crippen LogP contribution in [0.1, 0.15) is 0 Å². The summed E-state index contributed by atoms with van der Waals surface area (Å²) in [7, 11) is 0. The van der Waals surface area contributed by atoms with Crippen LogP contribution < -0.4 is 11.5 Å². The van der Waals surface area contributed by atoms with Gasteiger partial charge in [0.15, 0.2) is 5.76 Å². The van der Waals surface area contributed by atoms with Gasteiger partial charge in [0.2, 0.25) is 5.95 Å². The SMILES string of the molecule is Nc1cc(-c2cc3cc(F)ccc3o2)nc(N)n1. The molecule has 0 aliphatic heterocycles. The number of nitrogens with zero attached hydrogens (tertiary/aromatic N) is 2. The average molecular weight is 244 g/mol. The lowest BCUT2D eigenvalue weighted by molar-refractivity contribution is 0.618. The number of nitrogen functional groups attached to an aromatic ring is 2. The molecule has 0 atom stereocenters. The van der Waals surface area contributed by atoms with E-state index in [0.717, 1.165) is 0 Å². The van der Waals surface area contributed by atoms with Gasteiger partial charge in [-0.2, -0.15) is 4.98 Å². The third kappa shape index (κ3) is 1.73. The van der Waals surface area contributed by atoms with Gasteiger partial charge < -0.3 is 15.9 Å². The molecule has 0 aliphatic carbocycles. The molecule has 0 bridgehead atoms. The Morgan fingerprint density at radius 2 is 1.89 bits per heavy atom. The Morgan fingerprint density at radius 3 is 2.67 bits per heavy atom. The highest BCUT2D eigenvalue weighted by Gasteiger charge is 2.10. The molecule has 0 spiro atoms. The molecule has 0 amide bonds. The summed E-state index contributed by atoms with van der Waals surface area (Å²) in [5.74, 6) is 0.466. The van der Waals surface area contributed by atoms with Crippen molar-refractivity contribution in [3.05, 3.63) is 36.1 Å². The number of halogens is 1. The number of hydrogen-bond donors (Lipinski definition) is 2. The number of hydrogen-bond acceptors (Lipinski definition) is 5. The fourth-order valence-corrected chi connectivity index (χ4v) is 1.75. The van der Waals surface area contributed by atoms with E-state index >= 15 is 0 Å². The maximum atomic E-state index is 13.1. The van der Waals surface area contributed by atoms with E-state index in [0.29, 0.717) is 22.4 Å². The maximum Gasteiger partial charge on any atom is 0.222 e. The Balaban J connectivity index is 2.19. The van der Waals surface area contributed by atoms with E-state index < -0.39 is 0 Å². The first kappa shape index (κ1) is 10.5. The molecule has 5 nitrogen and oxygen atoms in total. The lowest BCUT2D eigenvalue weighted by atomic mass is 10.2. The minimum atomic E-state index is -0.323. The van der Waals surface area contributed by atoms with Crippen LogP contribution in [0.4, 0.5) is 16.2 Å². The first-order valence-corrected chi connectivity index (χ1v) is 5.21. The summed E-state index contributed by atoms with van der Waals surface area (Å²) in [5, 5.41) is 0.653. The zero-order valence-corrected chi connectivity index (χ0v) is 9.22. The van der Waals surface area contributed by atoms with Gasteiger partial charge in [-0.05, 0) is 24.3 Å². The van der Waals surface area contributed by atoms with Crippen molar-refractivity contribution < 1.29 is 8.81 Å². The zero-order chi connectivity index (χ0) is 12.7. The molecule has 18 heavy (non-hydrogen) atoms. The average Bonchev–Trinajstić information content (AvgIpc) is 2.70. The summed E-state index contributed by atoms with van der Waals surface area (Å²) < 4.78 is 18.6. The van der Waals surface area contributed by atoms with Gasteiger partial charge in [0.05, 0.1) is 0 Å². The van der Waals surface area contributed by atoms with E-state index in [9.17, 15) is 4.39 Å². The number of furan rings is 1. The van der Waals surface area contributed by atoms with E-state index in [1.54, 1.807) is 18.2 Å². The highest BCUT2D eigenvalue weighted by Crippen LogP contribution is 2.28. The summed E-state index contributed by atoms with van der Waals surface area (Å²) >= 11 is 0. The van der Waals surface area contributed by atoms with Crippen LogP contribution in [0.3, 0.4) is 0 Å². The predicted octanol–water partition coefficient (Wildman–Crippen LogP) is 2.19. The quantitative estimate of drug-likeness (QED) is 0.684. The van der Waals surface area contributed by atoms with Crippen LogP contribution in [0, 0.1) is 5.82 Å². The van der Waals surface area contributed by atoms with Crippen molar-refractivity contribution >= 4 is 22.7 Å². The second-order valence-corrected chi connectivity index (χ2v) is 3.83. The third-order valence-corrected chi connectivity index (χ3v) is 2.49. The van der Waals surface area contributed by atoms with Gasteiger partial charge in [-0.15, -0.1) is 0 Å². The van der Waals surface area contributed by atoms with Crippen molar-refractivity contribution in [2.24, 2.45) is 0 Å². The van der Waals surface area contributed by atoms with Gasteiger partial charge >= 0.3 is 0 Å². The van der Waals surface area contributed by atoms with Crippen molar-refractivity contribution in [1.29, 1.82) is 0 Å². The van der Waals surface area contributed by atoms with Crippen LogP contribution in [0.25, 0.3) is 22.4 Å². The van der Waals surface area contributed by atoms with Crippen molar-refractivity contribution in [3.8, 4) is 11.5 Å². The molecule has 6 heteroatoms. The van der Waals surface area contributed by atoms with Crippen LogP contribution in [-0.2, 0) is 0 Å². The standard InChI is InChI=1S/C12H9FN4O/c13-7-1-2-9-6(3-7)4-10(18-9)8-5-11(14)17-12(15)16-8/h1-5H,(H4,14,15,16,17). The van der Waals surface area contributed by atoms with Crippen molar-refractivity contribution in [1.82, 2.24) is 9.97 Å². The Hall–Kier alpha value is -2.63. The Bertz CT molecular complexity index is 718. The van der Waals surface area contributed by atoms with Crippen LogP contribution in [0.5, 0.6) is 0 Å². The van der Waals surface area contributed by atoms with Gasteiger partial charge in [0, 0.05) is 11.5 Å². The Labute approximate surface area is 101 Å². The van der Waals surface area contributed by atoms with Crippen molar-refractivity contribution in [2.75, 3.05) is 11.5 Å². The maximum absolute atomic E-state index is 13.1. The molecular weight excluding hydrogens is 235 g/mol. The minimum Gasteiger partial charge on any atom is -0.454 e. The Morgan fingerprint density at radius 1 is 1.06 bits per heavy atom. The molecule has 0 fully saturated rings. The summed E-state index contributed by atoms with van der Waals surface area (Å²) in [5.41, 5.74) is 12.1. The smallest absolute Gasteiger partial charge is 0.222 e. The topological polar surface area (TPSA) is 91.0 Å². The number of benzene rings is 1. The largest absolute Gasteiger partial charge is 0.454 e. The molecule has 4 N–H and O–H groups in total. The second-order valence-electron chi connectivity index (χ2n) is 3.83. The van der Waals surface area contributed by atoms with E-state index in [1.165, 1.54) is 12.1 Å². The highest BCUT2D eigenvalue weighted by molar-refractivity contribution is 5.82. The summed E-state index contributed by atoms with van der Waals surface area (Å²) in [4.78, 5) is 7.79. The molecule has 2 aromatic heterocycles. The van der Waals surface area contributed by atoms with Crippen LogP contribution >= 0.6 is 0 Å². The summed E-state index contributed by atoms with van der Waals surface area (Å²) in [6.07, 6.45) is 0. The lowest BCUT2D eigenvalue weighted by Gasteiger charge is -1.99. The number of aromatic nitrogens is 2. The van der Waals surface area contributed by atoms with E-state index in [1.807, 2.05) is 0 Å². The lowest BCUT2D eigenvalue weighted by Crippen LogP contribution is -2.00. The molecule has 90 valence electrons. The molecule has 0 saturated heterocycles. The summed E-state index contributed by atoms with van der Waals surface area (Å²) in [6.45, 7) is 0. The van der Waals surface area contributed by atoms with Crippen molar-refractivity contribution in [3.63, 3.8) is 0 Å². The van der Waals surface area contributed by atoms with Gasteiger partial charge in [0.25, 0.3) is 0 Å². The molecule has 1 aromatic carbocycles. The second kappa shape index (κ2) is 3.69. The predicted molar refractivity (Wildman–Crippen MR) is 66.0 cm³/mol. The highest BCUT2D eigenvalue weighted by atomic mass is 19.1. The van der Waals surface area contributed by atoms with Crippen molar-refractivity contribution in [2.45, 2.75) is 0 Å². The van der Waals surface area contributed by atoms with Gasteiger partial charge in [-0.1, -0.05) is 0 Å². The van der Waals surface area contributed by atoms with Crippen LogP contribution in [-0.4, -0.2) is 9.97 Å². The first-order chi connectivity index (χ1) is 8.61. The monoisotopic (exact) mass is 244 g/mol. The van der Waals surface area contributed by atoms with E-state index in [-0.39, 0.29) is 17.6 Å². The Kier molecular flexibility index (Phi) is 2.16.